The van der Waals surface area contributed by atoms with E-state index in [1.165, 1.54) is 4.88 Å². The third-order valence-electron chi connectivity index (χ3n) is 2.88. The molecule has 88 valence electrons. The molecule has 1 fully saturated rings. The van der Waals surface area contributed by atoms with Gasteiger partial charge >= 0.3 is 0 Å². The quantitative estimate of drug-likeness (QED) is 0.799. The maximum atomic E-state index is 10.9. The number of rotatable bonds is 3. The lowest BCUT2D eigenvalue weighted by Gasteiger charge is -2.35. The minimum absolute atomic E-state index is 0.139. The molecule has 2 atom stereocenters. The number of nitrogens with two attached hydrogens (primary N) is 2. The largest absolute Gasteiger partial charge is 0.369 e. The van der Waals surface area contributed by atoms with Gasteiger partial charge in [0.2, 0.25) is 5.91 Å². The van der Waals surface area contributed by atoms with Gasteiger partial charge in [-0.2, -0.15) is 0 Å². The zero-order valence-corrected chi connectivity index (χ0v) is 9.95. The summed E-state index contributed by atoms with van der Waals surface area (Å²) in [6, 6.07) is 4.33. The van der Waals surface area contributed by atoms with Gasteiger partial charge in [0.15, 0.2) is 0 Å². The molecule has 1 aliphatic rings. The third-order valence-corrected chi connectivity index (χ3v) is 3.92. The number of nitrogens with zero attached hydrogens (tertiary/aromatic N) is 1. The molecular weight excluding hydrogens is 222 g/mol. The van der Waals surface area contributed by atoms with E-state index < -0.39 is 0 Å². The molecule has 1 saturated heterocycles. The number of amides is 1. The number of hydrogen-bond donors (Lipinski definition) is 2. The van der Waals surface area contributed by atoms with Crippen LogP contribution < -0.4 is 11.5 Å². The van der Waals surface area contributed by atoms with Crippen LogP contribution in [0.1, 0.15) is 17.2 Å². The van der Waals surface area contributed by atoms with Crippen molar-refractivity contribution in [1.82, 2.24) is 4.90 Å². The normalized spacial score (nSPS) is 26.8. The van der Waals surface area contributed by atoms with Crippen molar-refractivity contribution in [2.24, 2.45) is 11.5 Å². The van der Waals surface area contributed by atoms with Crippen molar-refractivity contribution >= 4 is 17.2 Å². The average molecular weight is 239 g/mol. The predicted octanol–water partition coefficient (Wildman–Crippen LogP) is 0.350. The van der Waals surface area contributed by atoms with Crippen LogP contribution in [0.5, 0.6) is 0 Å². The molecule has 5 heteroatoms. The molecule has 1 aliphatic heterocycles. The van der Waals surface area contributed by atoms with E-state index in [0.717, 1.165) is 19.5 Å². The second-order valence-corrected chi connectivity index (χ2v) is 5.35. The zero-order valence-electron chi connectivity index (χ0n) is 9.13. The molecule has 0 radical (unpaired) electrons. The van der Waals surface area contributed by atoms with Crippen LogP contribution in [0.25, 0.3) is 0 Å². The number of likely N-dealkylation sites (tertiary alicyclic amines) is 1. The number of hydrogen-bond acceptors (Lipinski definition) is 4. The van der Waals surface area contributed by atoms with Crippen LogP contribution in [0.4, 0.5) is 0 Å². The van der Waals surface area contributed by atoms with Gasteiger partial charge in [0.25, 0.3) is 0 Å². The number of thiophene rings is 1. The minimum atomic E-state index is -0.279. The van der Waals surface area contributed by atoms with Crippen LogP contribution in [-0.4, -0.2) is 36.5 Å². The smallest absolute Gasteiger partial charge is 0.231 e. The van der Waals surface area contributed by atoms with Crippen molar-refractivity contribution in [2.45, 2.75) is 18.4 Å². The Bertz CT molecular complexity index is 352. The molecule has 1 aromatic rings. The molecule has 0 aromatic carbocycles. The Balaban J connectivity index is 2.02. The van der Waals surface area contributed by atoms with E-state index in [4.69, 9.17) is 11.5 Å². The van der Waals surface area contributed by atoms with Crippen molar-refractivity contribution in [3.8, 4) is 0 Å². The van der Waals surface area contributed by atoms with E-state index in [0.29, 0.717) is 12.5 Å². The van der Waals surface area contributed by atoms with E-state index in [9.17, 15) is 4.79 Å². The SMILES string of the molecule is NC(=O)CN1CC(N)CC(c2cccs2)C1. The lowest BCUT2D eigenvalue weighted by molar-refractivity contribution is -0.119. The standard InChI is InChI=1S/C11H17N3OS/c12-9-4-8(10-2-1-3-16-10)5-14(6-9)7-11(13)15/h1-3,8-9H,4-7,12H2,(H2,13,15). The van der Waals surface area contributed by atoms with E-state index in [1.54, 1.807) is 11.3 Å². The molecule has 2 rings (SSSR count). The van der Waals surface area contributed by atoms with E-state index in [2.05, 4.69) is 22.4 Å². The van der Waals surface area contributed by atoms with Crippen molar-refractivity contribution in [3.05, 3.63) is 22.4 Å². The Hall–Kier alpha value is -0.910. The van der Waals surface area contributed by atoms with Gasteiger partial charge in [0.1, 0.15) is 0 Å². The fourth-order valence-electron chi connectivity index (χ4n) is 2.31. The van der Waals surface area contributed by atoms with Gasteiger partial charge < -0.3 is 11.5 Å². The first-order valence-corrected chi connectivity index (χ1v) is 6.32. The Morgan fingerprint density at radius 3 is 3.00 bits per heavy atom. The third kappa shape index (κ3) is 2.81. The highest BCUT2D eigenvalue weighted by atomic mass is 32.1. The van der Waals surface area contributed by atoms with Crippen molar-refractivity contribution < 1.29 is 4.79 Å². The van der Waals surface area contributed by atoms with Crippen LogP contribution in [-0.2, 0) is 4.79 Å². The van der Waals surface area contributed by atoms with Crippen LogP contribution in [0.2, 0.25) is 0 Å². The summed E-state index contributed by atoms with van der Waals surface area (Å²) in [6.45, 7) is 1.97. The molecule has 16 heavy (non-hydrogen) atoms. The van der Waals surface area contributed by atoms with Crippen LogP contribution in [0, 0.1) is 0 Å². The molecule has 1 amide bonds. The van der Waals surface area contributed by atoms with Gasteiger partial charge in [0.05, 0.1) is 6.54 Å². The first-order chi connectivity index (χ1) is 7.65. The lowest BCUT2D eigenvalue weighted by Crippen LogP contribution is -2.48. The fourth-order valence-corrected chi connectivity index (χ4v) is 3.15. The van der Waals surface area contributed by atoms with E-state index in [1.807, 2.05) is 0 Å². The summed E-state index contributed by atoms with van der Waals surface area (Å²) in [6.07, 6.45) is 0.996. The summed E-state index contributed by atoms with van der Waals surface area (Å²) in [5.41, 5.74) is 11.2. The van der Waals surface area contributed by atoms with Crippen molar-refractivity contribution in [1.29, 1.82) is 0 Å². The van der Waals surface area contributed by atoms with Gasteiger partial charge in [0, 0.05) is 29.9 Å². The summed E-state index contributed by atoms with van der Waals surface area (Å²) in [4.78, 5) is 14.3. The molecule has 2 unspecified atom stereocenters. The number of primary amides is 1. The highest BCUT2D eigenvalue weighted by molar-refractivity contribution is 7.10. The van der Waals surface area contributed by atoms with Gasteiger partial charge in [-0.3, -0.25) is 9.69 Å². The first kappa shape index (κ1) is 11.6. The second kappa shape index (κ2) is 4.95. The molecule has 0 aliphatic carbocycles. The topological polar surface area (TPSA) is 72.4 Å². The minimum Gasteiger partial charge on any atom is -0.369 e. The summed E-state index contributed by atoms with van der Waals surface area (Å²) >= 11 is 1.75. The Morgan fingerprint density at radius 2 is 2.38 bits per heavy atom. The zero-order chi connectivity index (χ0) is 11.5. The van der Waals surface area contributed by atoms with Crippen LogP contribution in [0.15, 0.2) is 17.5 Å². The molecular formula is C11H17N3OS. The Labute approximate surface area is 99.2 Å². The predicted molar refractivity (Wildman–Crippen MR) is 65.3 cm³/mol. The van der Waals surface area contributed by atoms with E-state index >= 15 is 0 Å². The Morgan fingerprint density at radius 1 is 1.56 bits per heavy atom. The summed E-state index contributed by atoms with van der Waals surface area (Å²) in [5, 5.41) is 2.08. The average Bonchev–Trinajstić information content (AvgIpc) is 2.67. The van der Waals surface area contributed by atoms with Gasteiger partial charge in [-0.05, 0) is 17.9 Å². The number of piperidine rings is 1. The van der Waals surface area contributed by atoms with Crippen LogP contribution in [0.3, 0.4) is 0 Å². The summed E-state index contributed by atoms with van der Waals surface area (Å²) in [7, 11) is 0. The highest BCUT2D eigenvalue weighted by Gasteiger charge is 2.27. The van der Waals surface area contributed by atoms with Crippen molar-refractivity contribution in [2.75, 3.05) is 19.6 Å². The van der Waals surface area contributed by atoms with Gasteiger partial charge in [-0.15, -0.1) is 11.3 Å². The highest BCUT2D eigenvalue weighted by Crippen LogP contribution is 2.29. The molecule has 0 saturated carbocycles. The summed E-state index contributed by atoms with van der Waals surface area (Å²) in [5.74, 6) is 0.169. The molecule has 2 heterocycles. The van der Waals surface area contributed by atoms with Gasteiger partial charge in [-0.25, -0.2) is 0 Å². The molecule has 1 aromatic heterocycles. The number of carbonyl (C=O) groups excluding carboxylic acids is 1. The van der Waals surface area contributed by atoms with E-state index in [-0.39, 0.29) is 11.9 Å². The molecule has 4 nitrogen and oxygen atoms in total. The first-order valence-electron chi connectivity index (χ1n) is 5.45. The molecule has 0 bridgehead atoms. The molecule has 0 spiro atoms. The monoisotopic (exact) mass is 239 g/mol. The molecule has 4 N–H and O–H groups in total. The lowest BCUT2D eigenvalue weighted by atomic mass is 9.93. The Kier molecular flexibility index (Phi) is 3.58. The van der Waals surface area contributed by atoms with Gasteiger partial charge in [-0.1, -0.05) is 6.07 Å². The summed E-state index contributed by atoms with van der Waals surface area (Å²) < 4.78 is 0. The van der Waals surface area contributed by atoms with Crippen molar-refractivity contribution in [3.63, 3.8) is 0 Å². The second-order valence-electron chi connectivity index (χ2n) is 4.37. The maximum absolute atomic E-state index is 10.9. The number of carbonyl (C=O) groups is 1. The van der Waals surface area contributed by atoms with Crippen LogP contribution >= 0.6 is 11.3 Å². The fraction of sp³-hybridized carbons (Fsp3) is 0.545. The maximum Gasteiger partial charge on any atom is 0.231 e.